The molecular weight excluding hydrogens is 304 g/mol. The molecule has 2 heterocycles. The minimum atomic E-state index is -0.129. The summed E-state index contributed by atoms with van der Waals surface area (Å²) in [5.41, 5.74) is 0.562. The predicted molar refractivity (Wildman–Crippen MR) is 93.0 cm³/mol. The lowest BCUT2D eigenvalue weighted by Gasteiger charge is -2.32. The second-order valence-corrected chi connectivity index (χ2v) is 6.88. The van der Waals surface area contributed by atoms with Crippen molar-refractivity contribution in [1.82, 2.24) is 15.3 Å². The predicted octanol–water partition coefficient (Wildman–Crippen LogP) is 1.67. The quantitative estimate of drug-likeness (QED) is 0.896. The average Bonchev–Trinajstić information content (AvgIpc) is 3.44. The summed E-state index contributed by atoms with van der Waals surface area (Å²) in [6.45, 7) is 2.23. The van der Waals surface area contributed by atoms with E-state index < -0.39 is 0 Å². The summed E-state index contributed by atoms with van der Waals surface area (Å²) < 4.78 is 0. The molecule has 2 N–H and O–H groups in total. The fourth-order valence-corrected chi connectivity index (χ4v) is 3.32. The van der Waals surface area contributed by atoms with E-state index in [0.717, 1.165) is 25.9 Å². The number of anilines is 1. The van der Waals surface area contributed by atoms with E-state index in [0.29, 0.717) is 29.3 Å². The second-order valence-electron chi connectivity index (χ2n) is 6.88. The molecule has 2 fully saturated rings. The van der Waals surface area contributed by atoms with Crippen LogP contribution in [-0.2, 0) is 4.79 Å². The van der Waals surface area contributed by atoms with Crippen LogP contribution in [0.1, 0.15) is 25.7 Å². The summed E-state index contributed by atoms with van der Waals surface area (Å²) in [5.74, 6) is 1.36. The molecule has 0 bridgehead atoms. The fraction of sp³-hybridized carbons (Fsp3) is 0.500. The smallest absolute Gasteiger partial charge is 0.260 e. The van der Waals surface area contributed by atoms with Gasteiger partial charge in [0, 0.05) is 19.6 Å². The third-order valence-corrected chi connectivity index (χ3v) is 4.95. The van der Waals surface area contributed by atoms with Crippen LogP contribution in [0.3, 0.4) is 0 Å². The Morgan fingerprint density at radius 3 is 2.96 bits per heavy atom. The first-order valence-electron chi connectivity index (χ1n) is 8.72. The van der Waals surface area contributed by atoms with Gasteiger partial charge in [0.15, 0.2) is 0 Å². The summed E-state index contributed by atoms with van der Waals surface area (Å²) in [6, 6.07) is 7.33. The Kier molecular flexibility index (Phi) is 3.96. The van der Waals surface area contributed by atoms with Crippen LogP contribution in [0, 0.1) is 11.8 Å². The Morgan fingerprint density at radius 2 is 2.12 bits per heavy atom. The molecule has 1 atom stereocenters. The molecule has 2 aromatic rings. The minimum Gasteiger partial charge on any atom is -0.356 e. The molecule has 126 valence electrons. The van der Waals surface area contributed by atoms with Gasteiger partial charge in [-0.3, -0.25) is 14.6 Å². The van der Waals surface area contributed by atoms with Gasteiger partial charge in [0.1, 0.15) is 0 Å². The van der Waals surface area contributed by atoms with Gasteiger partial charge in [-0.15, -0.1) is 0 Å². The van der Waals surface area contributed by atoms with Crippen molar-refractivity contribution in [1.29, 1.82) is 0 Å². The first-order chi connectivity index (χ1) is 11.7. The number of H-pyrrole nitrogens is 1. The Morgan fingerprint density at radius 1 is 1.29 bits per heavy atom. The topological polar surface area (TPSA) is 78.1 Å². The number of hydrogen-bond donors (Lipinski definition) is 2. The molecule has 4 rings (SSSR count). The number of carbonyl (C=O) groups excluding carboxylic acids is 1. The maximum atomic E-state index is 12.4. The molecule has 1 aliphatic heterocycles. The van der Waals surface area contributed by atoms with Gasteiger partial charge in [-0.1, -0.05) is 12.1 Å². The van der Waals surface area contributed by atoms with Crippen molar-refractivity contribution in [2.24, 2.45) is 11.8 Å². The number of nitrogens with zero attached hydrogens (tertiary/aromatic N) is 2. The van der Waals surface area contributed by atoms with E-state index in [2.05, 4.69) is 15.3 Å². The first-order valence-corrected chi connectivity index (χ1v) is 8.72. The number of aromatic amines is 1. The number of hydrogen-bond acceptors (Lipinski definition) is 4. The summed E-state index contributed by atoms with van der Waals surface area (Å²) >= 11 is 0. The number of benzene rings is 1. The fourth-order valence-electron chi connectivity index (χ4n) is 3.32. The van der Waals surface area contributed by atoms with E-state index in [1.165, 1.54) is 12.8 Å². The number of amides is 1. The van der Waals surface area contributed by atoms with Crippen molar-refractivity contribution in [3.05, 3.63) is 34.6 Å². The highest BCUT2D eigenvalue weighted by molar-refractivity contribution is 5.80. The van der Waals surface area contributed by atoms with Crippen LogP contribution >= 0.6 is 0 Å². The summed E-state index contributed by atoms with van der Waals surface area (Å²) in [4.78, 5) is 34.1. The van der Waals surface area contributed by atoms with E-state index in [-0.39, 0.29) is 17.4 Å². The molecule has 1 unspecified atom stereocenters. The maximum absolute atomic E-state index is 12.4. The average molecular weight is 326 g/mol. The third-order valence-electron chi connectivity index (χ3n) is 4.95. The van der Waals surface area contributed by atoms with Gasteiger partial charge >= 0.3 is 0 Å². The van der Waals surface area contributed by atoms with E-state index in [4.69, 9.17) is 0 Å². The number of para-hydroxylation sites is 1. The molecule has 1 saturated carbocycles. The second kappa shape index (κ2) is 6.26. The van der Waals surface area contributed by atoms with Crippen molar-refractivity contribution in [2.75, 3.05) is 24.5 Å². The molecule has 0 radical (unpaired) electrons. The van der Waals surface area contributed by atoms with Gasteiger partial charge in [0.2, 0.25) is 11.9 Å². The molecule has 1 amide bonds. The third kappa shape index (κ3) is 3.13. The van der Waals surface area contributed by atoms with Crippen molar-refractivity contribution >= 4 is 22.8 Å². The van der Waals surface area contributed by atoms with Gasteiger partial charge in [-0.2, -0.15) is 0 Å². The number of carbonyl (C=O) groups is 1. The standard InChI is InChI=1S/C18H22N4O2/c23-16(19-10-12-7-8-12)13-4-3-9-22(11-13)18-20-15-6-2-1-5-14(15)17(24)21-18/h1-2,5-6,12-13H,3-4,7-11H2,(H,19,23)(H,20,21,24). The lowest BCUT2D eigenvalue weighted by molar-refractivity contribution is -0.125. The molecular formula is C18H22N4O2. The van der Waals surface area contributed by atoms with Crippen LogP contribution in [0.15, 0.2) is 29.1 Å². The Labute approximate surface area is 140 Å². The number of piperidine rings is 1. The lowest BCUT2D eigenvalue weighted by Crippen LogP contribution is -2.44. The molecule has 1 aliphatic carbocycles. The number of fused-ring (bicyclic) bond motifs is 1. The van der Waals surface area contributed by atoms with E-state index >= 15 is 0 Å². The monoisotopic (exact) mass is 326 g/mol. The van der Waals surface area contributed by atoms with E-state index in [1.807, 2.05) is 23.1 Å². The van der Waals surface area contributed by atoms with Crippen LogP contribution in [0.2, 0.25) is 0 Å². The van der Waals surface area contributed by atoms with Gasteiger partial charge in [-0.25, -0.2) is 4.98 Å². The molecule has 1 aromatic carbocycles. The molecule has 24 heavy (non-hydrogen) atoms. The zero-order valence-corrected chi connectivity index (χ0v) is 13.6. The first kappa shape index (κ1) is 15.2. The number of nitrogens with one attached hydrogen (secondary N) is 2. The lowest BCUT2D eigenvalue weighted by atomic mass is 9.97. The zero-order valence-electron chi connectivity index (χ0n) is 13.6. The van der Waals surface area contributed by atoms with E-state index in [1.54, 1.807) is 6.07 Å². The van der Waals surface area contributed by atoms with Crippen LogP contribution in [0.4, 0.5) is 5.95 Å². The largest absolute Gasteiger partial charge is 0.356 e. The molecule has 6 heteroatoms. The highest BCUT2D eigenvalue weighted by atomic mass is 16.2. The molecule has 6 nitrogen and oxygen atoms in total. The number of rotatable bonds is 4. The van der Waals surface area contributed by atoms with Gasteiger partial charge in [0.05, 0.1) is 16.8 Å². The molecule has 1 saturated heterocycles. The summed E-state index contributed by atoms with van der Waals surface area (Å²) in [6.07, 6.45) is 4.29. The van der Waals surface area contributed by atoms with E-state index in [9.17, 15) is 9.59 Å². The zero-order chi connectivity index (χ0) is 16.5. The van der Waals surface area contributed by atoms with Crippen molar-refractivity contribution in [2.45, 2.75) is 25.7 Å². The molecule has 0 spiro atoms. The normalized spacial score (nSPS) is 21.0. The SMILES string of the molecule is O=C(NCC1CC1)C1CCCN(c2nc3ccccc3c(=O)[nH]2)C1. The van der Waals surface area contributed by atoms with Gasteiger partial charge in [-0.05, 0) is 43.7 Å². The Bertz CT molecular complexity index is 812. The number of aromatic nitrogens is 2. The van der Waals surface area contributed by atoms with Crippen LogP contribution in [0.25, 0.3) is 10.9 Å². The summed E-state index contributed by atoms with van der Waals surface area (Å²) in [7, 11) is 0. The molecule has 2 aliphatic rings. The van der Waals surface area contributed by atoms with Crippen molar-refractivity contribution in [3.8, 4) is 0 Å². The van der Waals surface area contributed by atoms with Crippen molar-refractivity contribution < 1.29 is 4.79 Å². The van der Waals surface area contributed by atoms with Crippen LogP contribution in [0.5, 0.6) is 0 Å². The maximum Gasteiger partial charge on any atom is 0.260 e. The molecule has 1 aromatic heterocycles. The van der Waals surface area contributed by atoms with Crippen LogP contribution < -0.4 is 15.8 Å². The Hall–Kier alpha value is -2.37. The summed E-state index contributed by atoms with van der Waals surface area (Å²) in [5, 5.41) is 3.66. The van der Waals surface area contributed by atoms with Gasteiger partial charge < -0.3 is 10.2 Å². The van der Waals surface area contributed by atoms with Gasteiger partial charge in [0.25, 0.3) is 5.56 Å². The highest BCUT2D eigenvalue weighted by Gasteiger charge is 2.29. The highest BCUT2D eigenvalue weighted by Crippen LogP contribution is 2.28. The van der Waals surface area contributed by atoms with Crippen LogP contribution in [-0.4, -0.2) is 35.5 Å². The van der Waals surface area contributed by atoms with Crippen molar-refractivity contribution in [3.63, 3.8) is 0 Å². The Balaban J connectivity index is 1.51. The minimum absolute atomic E-state index is 0.0331.